The van der Waals surface area contributed by atoms with Crippen LogP contribution in [-0.2, 0) is 18.5 Å². The van der Waals surface area contributed by atoms with Crippen LogP contribution in [0.15, 0.2) is 218 Å². The fourth-order valence-electron chi connectivity index (χ4n) is 14.7. The van der Waals surface area contributed by atoms with E-state index in [-0.39, 0.29) is 33.6 Å². The first-order valence-corrected chi connectivity index (χ1v) is 32.0. The van der Waals surface area contributed by atoms with E-state index in [1.165, 1.54) is 47.0 Å². The quantitative estimate of drug-likeness (QED) is 0.153. The summed E-state index contributed by atoms with van der Waals surface area (Å²) in [5, 5.41) is 18.1. The van der Waals surface area contributed by atoms with Gasteiger partial charge in [-0.15, -0.1) is 0 Å². The van der Waals surface area contributed by atoms with Gasteiger partial charge in [-0.25, -0.2) is 0 Å². The zero-order valence-electron chi connectivity index (χ0n) is 54.4. The van der Waals surface area contributed by atoms with Crippen molar-refractivity contribution in [3.63, 3.8) is 0 Å². The van der Waals surface area contributed by atoms with Crippen LogP contribution in [0, 0.1) is 66.7 Å². The molecule has 0 radical (unpaired) electrons. The molecule has 0 fully saturated rings. The number of hydrogen-bond acceptors (Lipinski definition) is 1. The lowest BCUT2D eigenvalue weighted by molar-refractivity contribution is -0.138. The van der Waals surface area contributed by atoms with Crippen molar-refractivity contribution in [2.75, 3.05) is 0 Å². The molecule has 98 heavy (non-hydrogen) atoms. The van der Waals surface area contributed by atoms with Crippen molar-refractivity contribution >= 4 is 87.2 Å². The Balaban J connectivity index is 0.000000160. The Labute approximate surface area is 557 Å². The number of halogens is 9. The molecule has 0 spiro atoms. The molecule has 0 aliphatic rings. The van der Waals surface area contributed by atoms with Crippen molar-refractivity contribution in [1.82, 2.24) is 18.3 Å². The molecule has 0 N–H and O–H groups in total. The van der Waals surface area contributed by atoms with Crippen molar-refractivity contribution in [2.45, 2.75) is 73.9 Å². The number of nitrogens with zero attached hydrogens (tertiary/aromatic N) is 5. The molecule has 14 heteroatoms. The highest BCUT2D eigenvalue weighted by molar-refractivity contribution is 6.14. The van der Waals surface area contributed by atoms with E-state index in [9.17, 15) is 31.6 Å². The predicted molar refractivity (Wildman–Crippen MR) is 379 cm³/mol. The largest absolute Gasteiger partial charge is 0.420 e. The SMILES string of the molecule is Cc1ccc2c3ccc(C)cc3n(-c3ccc(-c4ccccc4C(F)(F)F)c(-n4c5cc(C)ccc5c5ccc(C)cc54)c3C#N)c2c1.Cc1ccc2c3ccc(C)cc3n(-c3ccc(-c4ccccc4C(F)(F)F)c(-n4c5cc(C)ccc5c5ccc(C)cc54)c3C(F)(F)F)c2c1. The van der Waals surface area contributed by atoms with E-state index in [0.29, 0.717) is 49.8 Å². The topological polar surface area (TPSA) is 43.5 Å². The third-order valence-electron chi connectivity index (χ3n) is 19.0. The molecule has 16 rings (SSSR count). The predicted octanol–water partition coefficient (Wildman–Crippen LogP) is 24.5. The number of aromatic nitrogens is 4. The summed E-state index contributed by atoms with van der Waals surface area (Å²) in [4.78, 5) is 0. The van der Waals surface area contributed by atoms with E-state index in [0.717, 1.165) is 111 Å². The zero-order chi connectivity index (χ0) is 68.8. The van der Waals surface area contributed by atoms with Gasteiger partial charge in [-0.05, 0) is 184 Å². The van der Waals surface area contributed by atoms with Crippen LogP contribution in [-0.4, -0.2) is 18.3 Å². The molecule has 0 unspecified atom stereocenters. The molecule has 0 bridgehead atoms. The first kappa shape index (κ1) is 62.8. The number of fused-ring (bicyclic) bond motifs is 12. The Morgan fingerprint density at radius 3 is 0.806 bits per heavy atom. The van der Waals surface area contributed by atoms with E-state index in [1.54, 1.807) is 34.9 Å². The normalized spacial score (nSPS) is 12.3. The summed E-state index contributed by atoms with van der Waals surface area (Å²) < 4.78 is 144. The minimum atomic E-state index is -5.00. The van der Waals surface area contributed by atoms with Crippen molar-refractivity contribution in [2.24, 2.45) is 0 Å². The average Bonchev–Trinajstić information content (AvgIpc) is 1.49. The van der Waals surface area contributed by atoms with Gasteiger partial charge in [-0.2, -0.15) is 44.8 Å². The first-order valence-electron chi connectivity index (χ1n) is 32.0. The highest BCUT2D eigenvalue weighted by Gasteiger charge is 2.43. The molecule has 4 aromatic heterocycles. The lowest BCUT2D eigenvalue weighted by Crippen LogP contribution is -2.17. The van der Waals surface area contributed by atoms with Gasteiger partial charge in [-0.1, -0.05) is 146 Å². The number of hydrogen-bond donors (Lipinski definition) is 0. The van der Waals surface area contributed by atoms with Gasteiger partial charge >= 0.3 is 18.5 Å². The minimum Gasteiger partial charge on any atom is -0.309 e. The maximum Gasteiger partial charge on any atom is 0.420 e. The van der Waals surface area contributed by atoms with Crippen molar-refractivity contribution < 1.29 is 39.5 Å². The van der Waals surface area contributed by atoms with E-state index >= 15 is 13.2 Å². The third kappa shape index (κ3) is 10.2. The van der Waals surface area contributed by atoms with E-state index in [4.69, 9.17) is 0 Å². The van der Waals surface area contributed by atoms with Gasteiger partial charge in [-0.3, -0.25) is 0 Å². The molecule has 4 heterocycles. The summed E-state index contributed by atoms with van der Waals surface area (Å²) in [6.07, 6.45) is -14.4. The lowest BCUT2D eigenvalue weighted by atomic mass is 9.93. The highest BCUT2D eigenvalue weighted by atomic mass is 19.4. The second kappa shape index (κ2) is 22.9. The van der Waals surface area contributed by atoms with E-state index < -0.39 is 35.2 Å². The molecule has 0 saturated carbocycles. The van der Waals surface area contributed by atoms with Gasteiger partial charge in [0.15, 0.2) is 0 Å². The molecule has 0 aliphatic heterocycles. The van der Waals surface area contributed by atoms with Crippen LogP contribution in [0.5, 0.6) is 0 Å². The Morgan fingerprint density at radius 2 is 0.520 bits per heavy atom. The molecule has 484 valence electrons. The average molecular weight is 1310 g/mol. The fourth-order valence-corrected chi connectivity index (χ4v) is 14.7. The standard InChI is InChI=1S/C42H30F6N2.C42H30F3N3/c1-23-9-13-28-29-14-10-24(2)20-36(29)49(35(28)19-23)34-18-17-32(27-7-5-6-8-33(27)41(43,44)45)40(39(34)42(46,47)48)50-37-21-25(3)11-15-30(37)31-16-12-26(4)22-38(31)50;1-24-9-13-29-30-14-10-25(2)20-38(30)47(37(29)19-24)36-18-17-33(28-7-5-6-8-35(28)42(43,44)45)41(34(36)23-46)48-39-21-26(3)11-15-31(39)32-16-12-27(4)22-40(32)48/h5-22H,1-4H3;5-22H,1-4H3. The van der Waals surface area contributed by atoms with Crippen LogP contribution < -0.4 is 0 Å². The summed E-state index contributed by atoms with van der Waals surface area (Å²) in [6, 6.07) is 66.5. The first-order chi connectivity index (χ1) is 46.8. The van der Waals surface area contributed by atoms with Crippen molar-refractivity contribution in [1.29, 1.82) is 5.26 Å². The molecule has 16 aromatic rings. The smallest absolute Gasteiger partial charge is 0.309 e. The van der Waals surface area contributed by atoms with Crippen LogP contribution >= 0.6 is 0 Å². The van der Waals surface area contributed by atoms with Gasteiger partial charge in [0, 0.05) is 54.2 Å². The van der Waals surface area contributed by atoms with Gasteiger partial charge in [0.05, 0.1) is 78.0 Å². The highest BCUT2D eigenvalue weighted by Crippen LogP contribution is 2.51. The summed E-state index contributed by atoms with van der Waals surface area (Å²) in [5.41, 5.74) is 10.8. The second-order valence-electron chi connectivity index (χ2n) is 25.9. The number of nitriles is 1. The second-order valence-corrected chi connectivity index (χ2v) is 25.9. The molecule has 0 saturated heterocycles. The summed E-state index contributed by atoms with van der Waals surface area (Å²) >= 11 is 0. The number of aryl methyl sites for hydroxylation is 8. The van der Waals surface area contributed by atoms with Gasteiger partial charge in [0.25, 0.3) is 0 Å². The molecule has 5 nitrogen and oxygen atoms in total. The van der Waals surface area contributed by atoms with Gasteiger partial charge in [0.1, 0.15) is 17.2 Å². The molecule has 12 aromatic carbocycles. The Kier molecular flexibility index (Phi) is 14.7. The van der Waals surface area contributed by atoms with Crippen molar-refractivity contribution in [3.8, 4) is 51.1 Å². The number of benzene rings is 12. The summed E-state index contributed by atoms with van der Waals surface area (Å²) in [6.45, 7) is 15.5. The Hall–Kier alpha value is -11.3. The number of rotatable bonds is 6. The van der Waals surface area contributed by atoms with Gasteiger partial charge < -0.3 is 18.3 Å². The van der Waals surface area contributed by atoms with Crippen LogP contribution in [0.25, 0.3) is 132 Å². The van der Waals surface area contributed by atoms with E-state index in [2.05, 4.69) is 59.2 Å². The van der Waals surface area contributed by atoms with Crippen LogP contribution in [0.3, 0.4) is 0 Å². The van der Waals surface area contributed by atoms with Crippen LogP contribution in [0.2, 0.25) is 0 Å². The number of alkyl halides is 9. The van der Waals surface area contributed by atoms with Crippen LogP contribution in [0.4, 0.5) is 39.5 Å². The molecule has 0 atom stereocenters. The third-order valence-corrected chi connectivity index (χ3v) is 19.0. The molecule has 0 amide bonds. The monoisotopic (exact) mass is 1310 g/mol. The Morgan fingerprint density at radius 1 is 0.265 bits per heavy atom. The van der Waals surface area contributed by atoms with Crippen LogP contribution in [0.1, 0.15) is 66.8 Å². The fraction of sp³-hybridized carbons (Fsp3) is 0.131. The molecular weight excluding hydrogens is 1250 g/mol. The Bertz CT molecular complexity index is 5840. The lowest BCUT2D eigenvalue weighted by Gasteiger charge is -2.25. The maximum absolute atomic E-state index is 16.2. The summed E-state index contributed by atoms with van der Waals surface area (Å²) in [5.74, 6) is 0. The van der Waals surface area contributed by atoms with Crippen molar-refractivity contribution in [3.05, 3.63) is 285 Å². The maximum atomic E-state index is 16.2. The summed E-state index contributed by atoms with van der Waals surface area (Å²) in [7, 11) is 0. The van der Waals surface area contributed by atoms with E-state index in [1.807, 2.05) is 145 Å². The minimum absolute atomic E-state index is 0.0206. The zero-order valence-corrected chi connectivity index (χ0v) is 54.4. The molecular formula is C84H60F9N5. The van der Waals surface area contributed by atoms with Gasteiger partial charge in [0.2, 0.25) is 0 Å². The molecule has 0 aliphatic carbocycles.